The molecule has 1 aromatic heterocycles. The number of hydrogen-bond acceptors (Lipinski definition) is 5. The van der Waals surface area contributed by atoms with E-state index in [4.69, 9.17) is 14.2 Å². The Kier molecular flexibility index (Phi) is 5.22. The van der Waals surface area contributed by atoms with Gasteiger partial charge in [0.05, 0.1) is 19.4 Å². The first-order valence-corrected chi connectivity index (χ1v) is 7.63. The number of methoxy groups -OCH3 is 1. The fourth-order valence-corrected chi connectivity index (χ4v) is 2.53. The van der Waals surface area contributed by atoms with Crippen molar-refractivity contribution < 1.29 is 23.0 Å². The summed E-state index contributed by atoms with van der Waals surface area (Å²) < 4.78 is 44.4. The van der Waals surface area contributed by atoms with Crippen LogP contribution in [-0.2, 0) is 4.74 Å². The van der Waals surface area contributed by atoms with Gasteiger partial charge in [0.15, 0.2) is 23.5 Å². The van der Waals surface area contributed by atoms with Gasteiger partial charge in [0, 0.05) is 19.2 Å². The molecule has 24 heavy (non-hydrogen) atoms. The van der Waals surface area contributed by atoms with Gasteiger partial charge in [-0.25, -0.2) is 13.8 Å². The second-order valence-electron chi connectivity index (χ2n) is 5.31. The molecule has 128 valence electrons. The molecule has 5 nitrogen and oxygen atoms in total. The van der Waals surface area contributed by atoms with E-state index in [-0.39, 0.29) is 0 Å². The highest BCUT2D eigenvalue weighted by molar-refractivity contribution is 5.28. The van der Waals surface area contributed by atoms with Crippen LogP contribution < -0.4 is 14.8 Å². The minimum absolute atomic E-state index is 0.388. The first kappa shape index (κ1) is 16.6. The number of rotatable bonds is 5. The van der Waals surface area contributed by atoms with Gasteiger partial charge in [-0.05, 0) is 18.2 Å². The molecule has 0 bridgehead atoms. The largest absolute Gasteiger partial charge is 0.481 e. The number of pyridine rings is 1. The Bertz CT molecular complexity index is 673. The van der Waals surface area contributed by atoms with Gasteiger partial charge in [-0.1, -0.05) is 12.1 Å². The van der Waals surface area contributed by atoms with Crippen molar-refractivity contribution in [1.29, 1.82) is 0 Å². The first-order valence-electron chi connectivity index (χ1n) is 7.63. The van der Waals surface area contributed by atoms with Crippen molar-refractivity contribution in [3.63, 3.8) is 0 Å². The zero-order chi connectivity index (χ0) is 16.9. The van der Waals surface area contributed by atoms with Gasteiger partial charge in [-0.3, -0.25) is 0 Å². The molecular formula is C17H18F2N2O3. The van der Waals surface area contributed by atoms with E-state index in [1.807, 2.05) is 0 Å². The summed E-state index contributed by atoms with van der Waals surface area (Å²) in [6.07, 6.45) is -1.21. The molecule has 0 spiro atoms. The SMILES string of the molecule is COc1cccc(C(Oc2c(F)cccc2F)C2CNCCO2)n1. The molecular weight excluding hydrogens is 318 g/mol. The van der Waals surface area contributed by atoms with Crippen LogP contribution in [-0.4, -0.2) is 37.9 Å². The minimum atomic E-state index is -0.778. The highest BCUT2D eigenvalue weighted by Crippen LogP contribution is 2.30. The van der Waals surface area contributed by atoms with Crippen LogP contribution in [0, 0.1) is 11.6 Å². The first-order chi connectivity index (χ1) is 11.7. The summed E-state index contributed by atoms with van der Waals surface area (Å²) in [5.74, 6) is -1.60. The summed E-state index contributed by atoms with van der Waals surface area (Å²) in [5, 5.41) is 3.18. The molecule has 0 amide bonds. The van der Waals surface area contributed by atoms with E-state index >= 15 is 0 Å². The lowest BCUT2D eigenvalue weighted by Gasteiger charge is -2.31. The van der Waals surface area contributed by atoms with Crippen LogP contribution in [0.25, 0.3) is 0 Å². The second kappa shape index (κ2) is 7.55. The molecule has 0 radical (unpaired) electrons. The highest BCUT2D eigenvalue weighted by Gasteiger charge is 2.31. The van der Waals surface area contributed by atoms with Crippen LogP contribution in [0.3, 0.4) is 0 Å². The van der Waals surface area contributed by atoms with Gasteiger partial charge < -0.3 is 19.5 Å². The summed E-state index contributed by atoms with van der Waals surface area (Å²) in [5.41, 5.74) is 0.478. The maximum absolute atomic E-state index is 14.0. The van der Waals surface area contributed by atoms with Gasteiger partial charge in [-0.15, -0.1) is 0 Å². The number of ether oxygens (including phenoxy) is 3. The van der Waals surface area contributed by atoms with Gasteiger partial charge >= 0.3 is 0 Å². The normalized spacial score (nSPS) is 18.9. The molecule has 7 heteroatoms. The van der Waals surface area contributed by atoms with Gasteiger partial charge in [-0.2, -0.15) is 0 Å². The van der Waals surface area contributed by atoms with E-state index in [1.165, 1.54) is 13.2 Å². The predicted octanol–water partition coefficient (Wildman–Crippen LogP) is 2.48. The van der Waals surface area contributed by atoms with Crippen LogP contribution in [0.5, 0.6) is 11.6 Å². The number of morpholine rings is 1. The number of para-hydroxylation sites is 1. The molecule has 2 atom stereocenters. The maximum Gasteiger partial charge on any atom is 0.213 e. The molecule has 1 saturated heterocycles. The third-order valence-electron chi connectivity index (χ3n) is 3.70. The van der Waals surface area contributed by atoms with Crippen molar-refractivity contribution in [1.82, 2.24) is 10.3 Å². The number of hydrogen-bond donors (Lipinski definition) is 1. The van der Waals surface area contributed by atoms with E-state index in [0.29, 0.717) is 31.3 Å². The summed E-state index contributed by atoms with van der Waals surface area (Å²) in [6.45, 7) is 1.68. The smallest absolute Gasteiger partial charge is 0.213 e. The third kappa shape index (κ3) is 3.63. The number of aromatic nitrogens is 1. The lowest BCUT2D eigenvalue weighted by molar-refractivity contribution is -0.0469. The van der Waals surface area contributed by atoms with Gasteiger partial charge in [0.25, 0.3) is 0 Å². The Labute approximate surface area is 138 Å². The summed E-state index contributed by atoms with van der Waals surface area (Å²) in [7, 11) is 1.50. The molecule has 1 aromatic carbocycles. The number of nitrogens with one attached hydrogen (secondary N) is 1. The fourth-order valence-electron chi connectivity index (χ4n) is 2.53. The summed E-state index contributed by atoms with van der Waals surface area (Å²) >= 11 is 0. The Hall–Kier alpha value is -2.25. The molecule has 1 aliphatic rings. The van der Waals surface area contributed by atoms with Crippen LogP contribution in [0.1, 0.15) is 11.8 Å². The highest BCUT2D eigenvalue weighted by atomic mass is 19.1. The van der Waals surface area contributed by atoms with Crippen molar-refractivity contribution in [2.45, 2.75) is 12.2 Å². The van der Waals surface area contributed by atoms with E-state index in [0.717, 1.165) is 12.1 Å². The number of benzene rings is 1. The molecule has 2 heterocycles. The van der Waals surface area contributed by atoms with Gasteiger partial charge in [0.2, 0.25) is 5.88 Å². The number of nitrogens with zero attached hydrogens (tertiary/aromatic N) is 1. The van der Waals surface area contributed by atoms with Gasteiger partial charge in [0.1, 0.15) is 6.10 Å². The lowest BCUT2D eigenvalue weighted by Crippen LogP contribution is -2.43. The Balaban J connectivity index is 1.95. The molecule has 1 fully saturated rings. The van der Waals surface area contributed by atoms with Crippen molar-refractivity contribution in [2.24, 2.45) is 0 Å². The molecule has 0 aliphatic carbocycles. The molecule has 1 aliphatic heterocycles. The Morgan fingerprint density at radius 1 is 1.21 bits per heavy atom. The fraction of sp³-hybridized carbons (Fsp3) is 0.353. The third-order valence-corrected chi connectivity index (χ3v) is 3.70. The van der Waals surface area contributed by atoms with Crippen LogP contribution in [0.15, 0.2) is 36.4 Å². The standard InChI is InChI=1S/C17H18F2N2O3/c1-22-15-7-3-6-13(21-15)17(14-10-20-8-9-23-14)24-16-11(18)4-2-5-12(16)19/h2-7,14,17,20H,8-10H2,1H3. The molecule has 2 unspecified atom stereocenters. The maximum atomic E-state index is 14.0. The second-order valence-corrected chi connectivity index (χ2v) is 5.31. The van der Waals surface area contributed by atoms with Crippen molar-refractivity contribution in [2.75, 3.05) is 26.8 Å². The van der Waals surface area contributed by atoms with E-state index in [2.05, 4.69) is 10.3 Å². The zero-order valence-electron chi connectivity index (χ0n) is 13.2. The Morgan fingerprint density at radius 2 is 1.96 bits per heavy atom. The Morgan fingerprint density at radius 3 is 2.62 bits per heavy atom. The monoisotopic (exact) mass is 336 g/mol. The average Bonchev–Trinajstić information content (AvgIpc) is 2.62. The van der Waals surface area contributed by atoms with E-state index < -0.39 is 29.6 Å². The van der Waals surface area contributed by atoms with E-state index in [9.17, 15) is 8.78 Å². The summed E-state index contributed by atoms with van der Waals surface area (Å²) in [6, 6.07) is 8.72. The topological polar surface area (TPSA) is 52.6 Å². The average molecular weight is 336 g/mol. The zero-order valence-corrected chi connectivity index (χ0v) is 13.2. The quantitative estimate of drug-likeness (QED) is 0.909. The van der Waals surface area contributed by atoms with Crippen LogP contribution >= 0.6 is 0 Å². The van der Waals surface area contributed by atoms with Crippen LogP contribution in [0.2, 0.25) is 0 Å². The van der Waals surface area contributed by atoms with Crippen LogP contribution in [0.4, 0.5) is 8.78 Å². The number of halogens is 2. The molecule has 1 N–H and O–H groups in total. The lowest BCUT2D eigenvalue weighted by atomic mass is 10.1. The van der Waals surface area contributed by atoms with Crippen molar-refractivity contribution in [3.8, 4) is 11.6 Å². The van der Waals surface area contributed by atoms with Crippen molar-refractivity contribution in [3.05, 3.63) is 53.7 Å². The molecule has 2 aromatic rings. The minimum Gasteiger partial charge on any atom is -0.481 e. The van der Waals surface area contributed by atoms with E-state index in [1.54, 1.807) is 18.2 Å². The predicted molar refractivity (Wildman–Crippen MR) is 83.1 cm³/mol. The van der Waals surface area contributed by atoms with Crippen molar-refractivity contribution >= 4 is 0 Å². The molecule has 0 saturated carbocycles. The molecule has 3 rings (SSSR count). The summed E-state index contributed by atoms with van der Waals surface area (Å²) in [4.78, 5) is 4.32.